The minimum atomic E-state index is -0.610. The van der Waals surface area contributed by atoms with Gasteiger partial charge >= 0.3 is 0 Å². The fourth-order valence-electron chi connectivity index (χ4n) is 1.41. The summed E-state index contributed by atoms with van der Waals surface area (Å²) in [6, 6.07) is 0. The number of amides is 2. The molecule has 6 heteroatoms. The maximum Gasteiger partial charge on any atom is 0.239 e. The van der Waals surface area contributed by atoms with E-state index in [4.69, 9.17) is 4.74 Å². The zero-order valence-corrected chi connectivity index (χ0v) is 11.8. The lowest BCUT2D eigenvalue weighted by molar-refractivity contribution is -0.126. The van der Waals surface area contributed by atoms with E-state index in [2.05, 4.69) is 16.0 Å². The van der Waals surface area contributed by atoms with Crippen molar-refractivity contribution in [3.63, 3.8) is 0 Å². The van der Waals surface area contributed by atoms with Crippen LogP contribution >= 0.6 is 0 Å². The van der Waals surface area contributed by atoms with Crippen LogP contribution in [-0.4, -0.2) is 50.7 Å². The van der Waals surface area contributed by atoms with E-state index in [1.54, 1.807) is 7.11 Å². The number of carbonyl (C=O) groups is 2. The molecule has 0 atom stereocenters. The Labute approximate surface area is 109 Å². The third-order valence-corrected chi connectivity index (χ3v) is 2.45. The van der Waals surface area contributed by atoms with Gasteiger partial charge in [-0.2, -0.15) is 0 Å². The molecular weight excluding hydrogens is 234 g/mol. The zero-order valence-electron chi connectivity index (χ0n) is 11.8. The van der Waals surface area contributed by atoms with Crippen molar-refractivity contribution in [2.75, 3.05) is 33.4 Å². The van der Waals surface area contributed by atoms with Gasteiger partial charge < -0.3 is 20.7 Å². The van der Waals surface area contributed by atoms with Gasteiger partial charge in [-0.15, -0.1) is 0 Å². The van der Waals surface area contributed by atoms with Crippen molar-refractivity contribution in [3.05, 3.63) is 0 Å². The lowest BCUT2D eigenvalue weighted by Crippen LogP contribution is -2.53. The van der Waals surface area contributed by atoms with Crippen molar-refractivity contribution in [2.45, 2.75) is 32.7 Å². The first kappa shape index (κ1) is 16.9. The number of likely N-dealkylation sites (N-methyl/N-ethyl adjacent to an activating group) is 1. The lowest BCUT2D eigenvalue weighted by atomic mass is 10.0. The van der Waals surface area contributed by atoms with Gasteiger partial charge in [-0.3, -0.25) is 9.59 Å². The van der Waals surface area contributed by atoms with E-state index in [0.29, 0.717) is 19.7 Å². The molecule has 6 nitrogen and oxygen atoms in total. The highest BCUT2D eigenvalue weighted by Gasteiger charge is 2.25. The Kier molecular flexibility index (Phi) is 8.32. The number of ether oxygens (including phenoxy) is 1. The van der Waals surface area contributed by atoms with E-state index >= 15 is 0 Å². The van der Waals surface area contributed by atoms with E-state index in [1.165, 1.54) is 0 Å². The molecule has 3 N–H and O–H groups in total. The lowest BCUT2D eigenvalue weighted by Gasteiger charge is -2.24. The quantitative estimate of drug-likeness (QED) is 0.494. The molecule has 0 aromatic heterocycles. The fraction of sp³-hybridized carbons (Fsp3) is 0.833. The van der Waals surface area contributed by atoms with E-state index in [0.717, 1.165) is 6.54 Å². The molecule has 0 rings (SSSR count). The fourth-order valence-corrected chi connectivity index (χ4v) is 1.41. The first-order chi connectivity index (χ1) is 8.44. The van der Waals surface area contributed by atoms with Crippen LogP contribution in [0.1, 0.15) is 27.2 Å². The number of nitrogens with one attached hydrogen (secondary N) is 3. The second kappa shape index (κ2) is 8.88. The highest BCUT2D eigenvalue weighted by atomic mass is 16.5. The van der Waals surface area contributed by atoms with Crippen molar-refractivity contribution < 1.29 is 14.3 Å². The van der Waals surface area contributed by atoms with Crippen molar-refractivity contribution in [1.82, 2.24) is 16.0 Å². The Morgan fingerprint density at radius 2 is 1.83 bits per heavy atom. The second-order valence-electron chi connectivity index (χ2n) is 4.50. The molecule has 2 amide bonds. The average molecular weight is 259 g/mol. The van der Waals surface area contributed by atoms with Gasteiger partial charge in [0, 0.05) is 26.6 Å². The van der Waals surface area contributed by atoms with E-state index in [-0.39, 0.29) is 18.2 Å². The first-order valence-electron chi connectivity index (χ1n) is 6.23. The highest BCUT2D eigenvalue weighted by molar-refractivity contribution is 5.86. The molecular formula is C12H25N3O3. The van der Waals surface area contributed by atoms with Crippen LogP contribution in [0.5, 0.6) is 0 Å². The largest absolute Gasteiger partial charge is 0.383 e. The summed E-state index contributed by atoms with van der Waals surface area (Å²) in [4.78, 5) is 23.1. The Morgan fingerprint density at radius 1 is 1.17 bits per heavy atom. The van der Waals surface area contributed by atoms with Crippen LogP contribution in [0.2, 0.25) is 0 Å². The van der Waals surface area contributed by atoms with Crippen LogP contribution in [-0.2, 0) is 14.3 Å². The number of hydrogen-bond donors (Lipinski definition) is 3. The van der Waals surface area contributed by atoms with Crippen LogP contribution < -0.4 is 16.0 Å². The molecule has 0 saturated heterocycles. The maximum absolute atomic E-state index is 11.8. The number of carbonyl (C=O) groups excluding carboxylic acids is 2. The molecule has 0 spiro atoms. The van der Waals surface area contributed by atoms with Crippen LogP contribution in [0.3, 0.4) is 0 Å². The summed E-state index contributed by atoms with van der Waals surface area (Å²) in [7, 11) is 1.58. The predicted octanol–water partition coefficient (Wildman–Crippen LogP) is -0.357. The molecule has 0 saturated carbocycles. The summed E-state index contributed by atoms with van der Waals surface area (Å²) in [5.74, 6) is -0.192. The van der Waals surface area contributed by atoms with Gasteiger partial charge in [0.05, 0.1) is 12.1 Å². The van der Waals surface area contributed by atoms with Crippen molar-refractivity contribution in [2.24, 2.45) is 0 Å². The standard InChI is InChI=1S/C12H25N3O3/c1-5-15-12(2,3)11(17)14-7-6-10(16)13-8-9-18-4/h15H,5-9H2,1-4H3,(H,13,16)(H,14,17). The molecule has 0 unspecified atom stereocenters. The second-order valence-corrected chi connectivity index (χ2v) is 4.50. The molecule has 0 aromatic rings. The molecule has 0 heterocycles. The maximum atomic E-state index is 11.8. The summed E-state index contributed by atoms with van der Waals surface area (Å²) in [6.45, 7) is 7.61. The molecule has 0 aliphatic carbocycles. The minimum Gasteiger partial charge on any atom is -0.383 e. The Morgan fingerprint density at radius 3 is 2.39 bits per heavy atom. The van der Waals surface area contributed by atoms with Gasteiger partial charge in [0.1, 0.15) is 0 Å². The first-order valence-corrected chi connectivity index (χ1v) is 6.23. The molecule has 0 fully saturated rings. The predicted molar refractivity (Wildman–Crippen MR) is 70.3 cm³/mol. The van der Waals surface area contributed by atoms with E-state index in [1.807, 2.05) is 20.8 Å². The summed E-state index contributed by atoms with van der Waals surface area (Å²) in [6.07, 6.45) is 0.275. The molecule has 0 bridgehead atoms. The topological polar surface area (TPSA) is 79.5 Å². The van der Waals surface area contributed by atoms with Crippen molar-refractivity contribution in [3.8, 4) is 0 Å². The zero-order chi connectivity index (χ0) is 14.0. The van der Waals surface area contributed by atoms with E-state index < -0.39 is 5.54 Å². The van der Waals surface area contributed by atoms with Crippen molar-refractivity contribution in [1.29, 1.82) is 0 Å². The summed E-state index contributed by atoms with van der Waals surface area (Å²) >= 11 is 0. The van der Waals surface area contributed by atoms with Gasteiger partial charge in [-0.25, -0.2) is 0 Å². The summed E-state index contributed by atoms with van der Waals surface area (Å²) in [5, 5.41) is 8.50. The van der Waals surface area contributed by atoms with Crippen LogP contribution in [0, 0.1) is 0 Å². The Bertz CT molecular complexity index is 267. The van der Waals surface area contributed by atoms with Gasteiger partial charge in [0.15, 0.2) is 0 Å². The number of hydrogen-bond acceptors (Lipinski definition) is 4. The SMILES string of the molecule is CCNC(C)(C)C(=O)NCCC(=O)NCCOC. The monoisotopic (exact) mass is 259 g/mol. The Hall–Kier alpha value is -1.14. The van der Waals surface area contributed by atoms with Crippen LogP contribution in [0.4, 0.5) is 0 Å². The third-order valence-electron chi connectivity index (χ3n) is 2.45. The smallest absolute Gasteiger partial charge is 0.239 e. The summed E-state index contributed by atoms with van der Waals surface area (Å²) in [5.41, 5.74) is -0.610. The highest BCUT2D eigenvalue weighted by Crippen LogP contribution is 2.00. The van der Waals surface area contributed by atoms with Gasteiger partial charge in [0.25, 0.3) is 0 Å². The third kappa shape index (κ3) is 7.24. The molecule has 0 aliphatic rings. The number of methoxy groups -OCH3 is 1. The molecule has 106 valence electrons. The number of rotatable bonds is 9. The molecule has 0 radical (unpaired) electrons. The summed E-state index contributed by atoms with van der Waals surface area (Å²) < 4.78 is 4.81. The van der Waals surface area contributed by atoms with Gasteiger partial charge in [-0.05, 0) is 20.4 Å². The van der Waals surface area contributed by atoms with Crippen LogP contribution in [0.15, 0.2) is 0 Å². The normalized spacial score (nSPS) is 11.1. The minimum absolute atomic E-state index is 0.0893. The van der Waals surface area contributed by atoms with Crippen molar-refractivity contribution >= 4 is 11.8 Å². The van der Waals surface area contributed by atoms with Crippen LogP contribution in [0.25, 0.3) is 0 Å². The molecule has 18 heavy (non-hydrogen) atoms. The Balaban J connectivity index is 3.77. The van der Waals surface area contributed by atoms with Gasteiger partial charge in [0.2, 0.25) is 11.8 Å². The average Bonchev–Trinajstić information content (AvgIpc) is 2.29. The molecule has 0 aromatic carbocycles. The van der Waals surface area contributed by atoms with Gasteiger partial charge in [-0.1, -0.05) is 6.92 Å². The van der Waals surface area contributed by atoms with E-state index in [9.17, 15) is 9.59 Å². The molecule has 0 aliphatic heterocycles.